The smallest absolute Gasteiger partial charge is 0.223 e. The van der Waals surface area contributed by atoms with E-state index in [1.807, 2.05) is 31.3 Å². The van der Waals surface area contributed by atoms with Crippen molar-refractivity contribution >= 4 is 74.6 Å². The molecule has 2 aromatic heterocycles. The zero-order chi connectivity index (χ0) is 23.4. The summed E-state index contributed by atoms with van der Waals surface area (Å²) in [4.78, 5) is 15.2. The first-order chi connectivity index (χ1) is 15.8. The highest BCUT2D eigenvalue weighted by Gasteiger charge is 2.14. The van der Waals surface area contributed by atoms with Crippen LogP contribution in [-0.2, 0) is 16.6 Å². The topological polar surface area (TPSA) is 90.5 Å². The fourth-order valence-corrected chi connectivity index (χ4v) is 5.48. The van der Waals surface area contributed by atoms with E-state index in [1.54, 1.807) is 11.3 Å². The summed E-state index contributed by atoms with van der Waals surface area (Å²) in [6, 6.07) is 8.16. The molecule has 0 amide bonds. The highest BCUT2D eigenvalue weighted by atomic mass is 35.5. The van der Waals surface area contributed by atoms with Crippen LogP contribution in [0.4, 0.5) is 5.95 Å². The largest absolute Gasteiger partial charge is 0.354 e. The van der Waals surface area contributed by atoms with E-state index in [0.29, 0.717) is 5.95 Å². The minimum Gasteiger partial charge on any atom is -0.354 e. The van der Waals surface area contributed by atoms with E-state index >= 15 is 0 Å². The summed E-state index contributed by atoms with van der Waals surface area (Å²) in [5, 5.41) is 4.51. The molecule has 1 saturated heterocycles. The third-order valence-electron chi connectivity index (χ3n) is 5.86. The van der Waals surface area contributed by atoms with Gasteiger partial charge in [-0.05, 0) is 55.6 Å². The SMILES string of the molecule is Cc1cnc(NCCCN2CCN(C)CC2)nc1-c1cc2ccc(CNS(C)(=O)=O)cc2s1.Cl.Cl.Cl. The van der Waals surface area contributed by atoms with E-state index in [9.17, 15) is 8.42 Å². The van der Waals surface area contributed by atoms with Crippen LogP contribution in [0.2, 0.25) is 0 Å². The maximum atomic E-state index is 11.4. The van der Waals surface area contributed by atoms with Gasteiger partial charge in [0.15, 0.2) is 0 Å². The lowest BCUT2D eigenvalue weighted by Gasteiger charge is -2.32. The molecule has 4 rings (SSSR count). The predicted molar refractivity (Wildman–Crippen MR) is 158 cm³/mol. The van der Waals surface area contributed by atoms with Crippen molar-refractivity contribution in [1.29, 1.82) is 0 Å². The van der Waals surface area contributed by atoms with Crippen LogP contribution in [0.5, 0.6) is 0 Å². The summed E-state index contributed by atoms with van der Waals surface area (Å²) in [5.41, 5.74) is 2.90. The maximum absolute atomic E-state index is 11.4. The molecule has 2 N–H and O–H groups in total. The number of halogens is 3. The molecule has 0 unspecified atom stereocenters. The lowest BCUT2D eigenvalue weighted by molar-refractivity contribution is 0.154. The summed E-state index contributed by atoms with van der Waals surface area (Å²) in [6.45, 7) is 8.81. The Hall–Kier alpha value is -1.24. The first-order valence-corrected chi connectivity index (χ1v) is 13.9. The molecular formula is C23H35Cl3N6O2S2. The van der Waals surface area contributed by atoms with Crippen LogP contribution in [0.3, 0.4) is 0 Å². The number of sulfonamides is 1. The van der Waals surface area contributed by atoms with Crippen LogP contribution in [0.1, 0.15) is 17.5 Å². The Labute approximate surface area is 236 Å². The average molecular weight is 598 g/mol. The Balaban J connectivity index is 0.00000216. The highest BCUT2D eigenvalue weighted by Crippen LogP contribution is 2.34. The molecule has 1 aromatic carbocycles. The zero-order valence-corrected chi connectivity index (χ0v) is 24.8. The van der Waals surface area contributed by atoms with E-state index in [0.717, 1.165) is 77.5 Å². The van der Waals surface area contributed by atoms with Crippen LogP contribution >= 0.6 is 48.6 Å². The number of piperazine rings is 1. The average Bonchev–Trinajstić information content (AvgIpc) is 3.20. The lowest BCUT2D eigenvalue weighted by Crippen LogP contribution is -2.44. The molecule has 0 aliphatic carbocycles. The van der Waals surface area contributed by atoms with Crippen LogP contribution in [0.15, 0.2) is 30.5 Å². The van der Waals surface area contributed by atoms with Crippen LogP contribution in [-0.4, -0.2) is 80.8 Å². The van der Waals surface area contributed by atoms with E-state index in [-0.39, 0.29) is 43.8 Å². The highest BCUT2D eigenvalue weighted by molar-refractivity contribution is 7.88. The number of nitrogens with zero attached hydrogens (tertiary/aromatic N) is 4. The Morgan fingerprint density at radius 1 is 1.08 bits per heavy atom. The number of benzene rings is 1. The molecule has 202 valence electrons. The summed E-state index contributed by atoms with van der Waals surface area (Å²) in [5.74, 6) is 0.657. The number of likely N-dealkylation sites (N-methyl/N-ethyl adjacent to an activating group) is 1. The van der Waals surface area contributed by atoms with Gasteiger partial charge in [-0.3, -0.25) is 0 Å². The minimum absolute atomic E-state index is 0. The molecule has 1 aliphatic rings. The Bertz CT molecular complexity index is 1220. The summed E-state index contributed by atoms with van der Waals surface area (Å²) >= 11 is 1.66. The van der Waals surface area contributed by atoms with Crippen molar-refractivity contribution in [3.05, 3.63) is 41.6 Å². The Kier molecular flexibility index (Phi) is 13.3. The summed E-state index contributed by atoms with van der Waals surface area (Å²) in [6.07, 6.45) is 4.10. The van der Waals surface area contributed by atoms with Crippen molar-refractivity contribution < 1.29 is 8.42 Å². The third kappa shape index (κ3) is 9.25. The van der Waals surface area contributed by atoms with Gasteiger partial charge in [-0.25, -0.2) is 23.1 Å². The van der Waals surface area contributed by atoms with Crippen molar-refractivity contribution in [2.24, 2.45) is 0 Å². The first-order valence-electron chi connectivity index (χ1n) is 11.2. The van der Waals surface area contributed by atoms with Crippen LogP contribution < -0.4 is 10.0 Å². The molecule has 0 radical (unpaired) electrons. The van der Waals surface area contributed by atoms with Gasteiger partial charge in [0, 0.05) is 50.2 Å². The van der Waals surface area contributed by atoms with Gasteiger partial charge in [0.1, 0.15) is 0 Å². The molecule has 13 heteroatoms. The van der Waals surface area contributed by atoms with Gasteiger partial charge in [0.25, 0.3) is 0 Å². The van der Waals surface area contributed by atoms with E-state index in [4.69, 9.17) is 4.98 Å². The van der Waals surface area contributed by atoms with E-state index in [2.05, 4.69) is 37.9 Å². The number of hydrogen-bond donors (Lipinski definition) is 2. The molecule has 36 heavy (non-hydrogen) atoms. The molecule has 1 aliphatic heterocycles. The molecule has 1 fully saturated rings. The standard InChI is InChI=1S/C23H32N6O2S2.3ClH/c1-17-15-25-23(24-7-4-8-29-11-9-28(2)10-12-29)27-22(17)21-14-19-6-5-18(13-20(19)32-21)16-26-33(3,30)31;;;/h5-6,13-15,26H,4,7-12,16H2,1-3H3,(H,24,25,27);3*1H. The van der Waals surface area contributed by atoms with Crippen molar-refractivity contribution in [1.82, 2.24) is 24.5 Å². The summed E-state index contributed by atoms with van der Waals surface area (Å²) < 4.78 is 26.4. The number of aryl methyl sites for hydroxylation is 1. The third-order valence-corrected chi connectivity index (χ3v) is 7.63. The fraction of sp³-hybridized carbons (Fsp3) is 0.478. The molecule has 0 bridgehead atoms. The zero-order valence-electron chi connectivity index (χ0n) is 20.7. The van der Waals surface area contributed by atoms with Crippen molar-refractivity contribution in [3.63, 3.8) is 0 Å². The molecule has 0 spiro atoms. The van der Waals surface area contributed by atoms with Crippen molar-refractivity contribution in [3.8, 4) is 10.6 Å². The van der Waals surface area contributed by atoms with Gasteiger partial charge in [-0.2, -0.15) is 0 Å². The monoisotopic (exact) mass is 596 g/mol. The molecular weight excluding hydrogens is 563 g/mol. The minimum atomic E-state index is -3.22. The van der Waals surface area contributed by atoms with E-state index in [1.165, 1.54) is 6.26 Å². The van der Waals surface area contributed by atoms with Gasteiger partial charge >= 0.3 is 0 Å². The maximum Gasteiger partial charge on any atom is 0.223 e. The molecule has 8 nitrogen and oxygen atoms in total. The summed E-state index contributed by atoms with van der Waals surface area (Å²) in [7, 11) is -1.04. The molecule has 3 aromatic rings. The lowest BCUT2D eigenvalue weighted by atomic mass is 10.1. The molecule has 3 heterocycles. The second-order valence-electron chi connectivity index (χ2n) is 8.73. The number of hydrogen-bond acceptors (Lipinski definition) is 8. The van der Waals surface area contributed by atoms with Crippen molar-refractivity contribution in [2.45, 2.75) is 19.9 Å². The predicted octanol–water partition coefficient (Wildman–Crippen LogP) is 4.03. The van der Waals surface area contributed by atoms with Gasteiger partial charge < -0.3 is 15.1 Å². The quantitative estimate of drug-likeness (QED) is 0.360. The number of fused-ring (bicyclic) bond motifs is 1. The van der Waals surface area contributed by atoms with Crippen LogP contribution in [0.25, 0.3) is 20.7 Å². The molecule has 0 atom stereocenters. The first kappa shape index (κ1) is 32.8. The van der Waals surface area contributed by atoms with Gasteiger partial charge in [-0.1, -0.05) is 12.1 Å². The van der Waals surface area contributed by atoms with E-state index < -0.39 is 10.0 Å². The van der Waals surface area contributed by atoms with Crippen LogP contribution in [0, 0.1) is 6.92 Å². The molecule has 0 saturated carbocycles. The Morgan fingerprint density at radius 2 is 1.81 bits per heavy atom. The number of rotatable bonds is 9. The number of anilines is 1. The van der Waals surface area contributed by atoms with Crippen molar-refractivity contribution in [2.75, 3.05) is 57.9 Å². The second-order valence-corrected chi connectivity index (χ2v) is 11.6. The van der Waals surface area contributed by atoms with Gasteiger partial charge in [-0.15, -0.1) is 48.6 Å². The van der Waals surface area contributed by atoms with Gasteiger partial charge in [0.05, 0.1) is 16.8 Å². The number of thiophene rings is 1. The number of aromatic nitrogens is 2. The number of nitrogens with one attached hydrogen (secondary N) is 2. The Morgan fingerprint density at radius 3 is 2.50 bits per heavy atom. The second kappa shape index (κ2) is 14.6. The van der Waals surface area contributed by atoms with Gasteiger partial charge in [0.2, 0.25) is 16.0 Å². The fourth-order valence-electron chi connectivity index (χ4n) is 3.87. The normalized spacial score (nSPS) is 14.5.